The molecule has 2 aromatic rings. The van der Waals surface area contributed by atoms with Crippen LogP contribution in [0.15, 0.2) is 48.5 Å². The maximum absolute atomic E-state index is 12.4. The first-order chi connectivity index (χ1) is 13.9. The Morgan fingerprint density at radius 2 is 1.76 bits per heavy atom. The maximum Gasteiger partial charge on any atom is 0.226 e. The quantitative estimate of drug-likeness (QED) is 0.672. The fraction of sp³-hybridized carbons (Fsp3) is 0.440. The first-order valence-electron chi connectivity index (χ1n) is 10.7. The number of hydrogen-bond donors (Lipinski definition) is 1. The molecule has 1 heterocycles. The molecule has 1 aliphatic heterocycles. The topological polar surface area (TPSA) is 49.4 Å². The molecule has 0 saturated carbocycles. The monoisotopic (exact) mass is 392 g/mol. The normalized spacial score (nSPS) is 15.4. The third-order valence-corrected chi connectivity index (χ3v) is 5.77. The van der Waals surface area contributed by atoms with Gasteiger partial charge in [0.25, 0.3) is 0 Å². The molecule has 154 valence electrons. The number of carbonyl (C=O) groups excluding carboxylic acids is 2. The number of carbonyl (C=O) groups is 2. The molecule has 0 aromatic heterocycles. The van der Waals surface area contributed by atoms with Crippen molar-refractivity contribution in [2.45, 2.75) is 46.0 Å². The standard InChI is InChI=1S/C25H32N2O2/c1-18(2)25(29)26-23-6-4-5-22(17-23)20-11-14-27(15-12-20)16-13-24(28)21-9-7-19(3)8-10-21/h4-10,17-18,20H,11-16H2,1-3H3,(H,26,29). The predicted octanol–water partition coefficient (Wildman–Crippen LogP) is 5.04. The molecule has 0 bridgehead atoms. The Labute approximate surface area is 174 Å². The average Bonchev–Trinajstić information content (AvgIpc) is 2.73. The SMILES string of the molecule is Cc1ccc(C(=O)CCN2CCC(c3cccc(NC(=O)C(C)C)c3)CC2)cc1. The van der Waals surface area contributed by atoms with Gasteiger partial charge in [-0.3, -0.25) is 9.59 Å². The summed E-state index contributed by atoms with van der Waals surface area (Å²) in [5, 5.41) is 2.99. The Hall–Kier alpha value is -2.46. The second-order valence-electron chi connectivity index (χ2n) is 8.42. The van der Waals surface area contributed by atoms with E-state index in [0.29, 0.717) is 12.3 Å². The van der Waals surface area contributed by atoms with Crippen LogP contribution >= 0.6 is 0 Å². The van der Waals surface area contributed by atoms with E-state index in [2.05, 4.69) is 22.3 Å². The number of benzene rings is 2. The predicted molar refractivity (Wildman–Crippen MR) is 118 cm³/mol. The van der Waals surface area contributed by atoms with Crippen molar-refractivity contribution < 1.29 is 9.59 Å². The molecule has 1 saturated heterocycles. The number of hydrogen-bond acceptors (Lipinski definition) is 3. The zero-order chi connectivity index (χ0) is 20.8. The Morgan fingerprint density at radius 1 is 1.07 bits per heavy atom. The lowest BCUT2D eigenvalue weighted by molar-refractivity contribution is -0.118. The summed E-state index contributed by atoms with van der Waals surface area (Å²) in [5.41, 5.74) is 4.16. The zero-order valence-electron chi connectivity index (χ0n) is 17.8. The van der Waals surface area contributed by atoms with E-state index < -0.39 is 0 Å². The lowest BCUT2D eigenvalue weighted by Crippen LogP contribution is -2.34. The van der Waals surface area contributed by atoms with Crippen molar-refractivity contribution in [1.82, 2.24) is 4.90 Å². The van der Waals surface area contributed by atoms with E-state index in [9.17, 15) is 9.59 Å². The van der Waals surface area contributed by atoms with Gasteiger partial charge in [0, 0.05) is 30.1 Å². The second-order valence-corrected chi connectivity index (χ2v) is 8.42. The van der Waals surface area contributed by atoms with Crippen molar-refractivity contribution in [2.75, 3.05) is 25.0 Å². The van der Waals surface area contributed by atoms with Crippen LogP contribution in [0.5, 0.6) is 0 Å². The van der Waals surface area contributed by atoms with Crippen LogP contribution in [0.25, 0.3) is 0 Å². The van der Waals surface area contributed by atoms with E-state index in [4.69, 9.17) is 0 Å². The maximum atomic E-state index is 12.4. The average molecular weight is 393 g/mol. The van der Waals surface area contributed by atoms with E-state index in [1.54, 1.807) is 0 Å². The summed E-state index contributed by atoms with van der Waals surface area (Å²) in [5.74, 6) is 0.760. The van der Waals surface area contributed by atoms with E-state index >= 15 is 0 Å². The summed E-state index contributed by atoms with van der Waals surface area (Å²) < 4.78 is 0. The summed E-state index contributed by atoms with van der Waals surface area (Å²) >= 11 is 0. The van der Waals surface area contributed by atoms with Crippen LogP contribution in [0, 0.1) is 12.8 Å². The van der Waals surface area contributed by atoms with Gasteiger partial charge < -0.3 is 10.2 Å². The van der Waals surface area contributed by atoms with E-state index in [0.717, 1.165) is 43.7 Å². The summed E-state index contributed by atoms with van der Waals surface area (Å²) in [7, 11) is 0. The van der Waals surface area contributed by atoms with Crippen molar-refractivity contribution in [1.29, 1.82) is 0 Å². The fourth-order valence-electron chi connectivity index (χ4n) is 3.79. The summed E-state index contributed by atoms with van der Waals surface area (Å²) in [6, 6.07) is 16.1. The molecule has 1 aliphatic rings. The van der Waals surface area contributed by atoms with Gasteiger partial charge in [-0.25, -0.2) is 0 Å². The minimum Gasteiger partial charge on any atom is -0.326 e. The fourth-order valence-corrected chi connectivity index (χ4v) is 3.79. The van der Waals surface area contributed by atoms with Crippen LogP contribution < -0.4 is 5.32 Å². The van der Waals surface area contributed by atoms with Gasteiger partial charge in [0.15, 0.2) is 5.78 Å². The van der Waals surface area contributed by atoms with E-state index in [1.165, 1.54) is 11.1 Å². The molecular weight excluding hydrogens is 360 g/mol. The van der Waals surface area contributed by atoms with Crippen molar-refractivity contribution in [3.63, 3.8) is 0 Å². The number of likely N-dealkylation sites (tertiary alicyclic amines) is 1. The van der Waals surface area contributed by atoms with Gasteiger partial charge >= 0.3 is 0 Å². The number of Topliss-reactive ketones (excluding diaryl/α,β-unsaturated/α-hetero) is 1. The molecule has 1 amide bonds. The lowest BCUT2D eigenvalue weighted by atomic mass is 9.89. The smallest absolute Gasteiger partial charge is 0.226 e. The highest BCUT2D eigenvalue weighted by Crippen LogP contribution is 2.29. The van der Waals surface area contributed by atoms with Gasteiger partial charge in [0.05, 0.1) is 0 Å². The third-order valence-electron chi connectivity index (χ3n) is 5.77. The van der Waals surface area contributed by atoms with Crippen molar-refractivity contribution in [2.24, 2.45) is 5.92 Å². The first-order valence-corrected chi connectivity index (χ1v) is 10.7. The van der Waals surface area contributed by atoms with Crippen LogP contribution in [-0.4, -0.2) is 36.2 Å². The molecule has 0 atom stereocenters. The van der Waals surface area contributed by atoms with Crippen molar-refractivity contribution in [3.05, 3.63) is 65.2 Å². The third kappa shape index (κ3) is 6.01. The first kappa shape index (κ1) is 21.3. The summed E-state index contributed by atoms with van der Waals surface area (Å²) in [4.78, 5) is 26.7. The number of ketones is 1. The van der Waals surface area contributed by atoms with Crippen LogP contribution in [0.2, 0.25) is 0 Å². The summed E-state index contributed by atoms with van der Waals surface area (Å²) in [6.07, 6.45) is 2.74. The summed E-state index contributed by atoms with van der Waals surface area (Å²) in [6.45, 7) is 8.68. The number of piperidine rings is 1. The Balaban J connectivity index is 1.48. The van der Waals surface area contributed by atoms with Crippen LogP contribution in [0.1, 0.15) is 60.5 Å². The Bertz CT molecular complexity index is 834. The molecule has 4 nitrogen and oxygen atoms in total. The number of anilines is 1. The Morgan fingerprint density at radius 3 is 2.41 bits per heavy atom. The molecule has 0 spiro atoms. The highest BCUT2D eigenvalue weighted by Gasteiger charge is 2.21. The second kappa shape index (κ2) is 9.84. The molecule has 0 radical (unpaired) electrons. The van der Waals surface area contributed by atoms with E-state index in [-0.39, 0.29) is 17.6 Å². The van der Waals surface area contributed by atoms with E-state index in [1.807, 2.05) is 57.2 Å². The van der Waals surface area contributed by atoms with Gasteiger partial charge in [0.2, 0.25) is 5.91 Å². The molecule has 2 aromatic carbocycles. The highest BCUT2D eigenvalue weighted by atomic mass is 16.1. The van der Waals surface area contributed by atoms with Crippen molar-refractivity contribution >= 4 is 17.4 Å². The molecule has 0 aliphatic carbocycles. The van der Waals surface area contributed by atoms with Gasteiger partial charge in [-0.2, -0.15) is 0 Å². The lowest BCUT2D eigenvalue weighted by Gasteiger charge is -2.32. The molecule has 1 fully saturated rings. The van der Waals surface area contributed by atoms with Gasteiger partial charge in [-0.15, -0.1) is 0 Å². The Kier molecular flexibility index (Phi) is 7.21. The number of aryl methyl sites for hydroxylation is 1. The van der Waals surface area contributed by atoms with Crippen molar-refractivity contribution in [3.8, 4) is 0 Å². The zero-order valence-corrected chi connectivity index (χ0v) is 17.8. The van der Waals surface area contributed by atoms with Gasteiger partial charge in [0.1, 0.15) is 0 Å². The molecule has 3 rings (SSSR count). The van der Waals surface area contributed by atoms with Crippen LogP contribution in [0.3, 0.4) is 0 Å². The molecule has 4 heteroatoms. The number of rotatable bonds is 7. The molecule has 0 unspecified atom stereocenters. The number of amides is 1. The van der Waals surface area contributed by atoms with Gasteiger partial charge in [-0.05, 0) is 56.5 Å². The van der Waals surface area contributed by atoms with Crippen LogP contribution in [-0.2, 0) is 4.79 Å². The van der Waals surface area contributed by atoms with Crippen LogP contribution in [0.4, 0.5) is 5.69 Å². The number of nitrogens with one attached hydrogen (secondary N) is 1. The van der Waals surface area contributed by atoms with Gasteiger partial charge in [-0.1, -0.05) is 55.8 Å². The molecule has 1 N–H and O–H groups in total. The minimum atomic E-state index is -0.0236. The minimum absolute atomic E-state index is 0.0236. The number of nitrogens with zero attached hydrogens (tertiary/aromatic N) is 1. The molecule has 29 heavy (non-hydrogen) atoms. The molecular formula is C25H32N2O2. The highest BCUT2D eigenvalue weighted by molar-refractivity contribution is 5.96. The largest absolute Gasteiger partial charge is 0.326 e.